The van der Waals surface area contributed by atoms with Gasteiger partial charge in [-0.15, -0.1) is 0 Å². The van der Waals surface area contributed by atoms with Gasteiger partial charge in [0.15, 0.2) is 12.2 Å². The van der Waals surface area contributed by atoms with Gasteiger partial charge in [0.1, 0.15) is 19.3 Å². The number of hydrogen-bond acceptors (Lipinski definition) is 15. The third kappa shape index (κ3) is 70.3. The first kappa shape index (κ1) is 93.1. The van der Waals surface area contributed by atoms with Crippen LogP contribution < -0.4 is 0 Å². The van der Waals surface area contributed by atoms with E-state index in [4.69, 9.17) is 37.0 Å². The van der Waals surface area contributed by atoms with Gasteiger partial charge >= 0.3 is 39.5 Å². The summed E-state index contributed by atoms with van der Waals surface area (Å²) in [6, 6.07) is 0. The number of aliphatic hydroxyl groups excluding tert-OH is 1. The molecular weight excluding hydrogens is 1250 g/mol. The van der Waals surface area contributed by atoms with E-state index in [0.717, 1.165) is 95.8 Å². The Morgan fingerprint density at radius 3 is 0.716 bits per heavy atom. The summed E-state index contributed by atoms with van der Waals surface area (Å²) in [5.74, 6) is -1.33. The van der Waals surface area contributed by atoms with Gasteiger partial charge in [-0.3, -0.25) is 37.3 Å². The summed E-state index contributed by atoms with van der Waals surface area (Å²) in [5, 5.41) is 10.6. The van der Waals surface area contributed by atoms with Gasteiger partial charge < -0.3 is 33.8 Å². The van der Waals surface area contributed by atoms with Crippen molar-refractivity contribution in [3.05, 3.63) is 0 Å². The van der Waals surface area contributed by atoms with Crippen LogP contribution in [0.3, 0.4) is 0 Å². The van der Waals surface area contributed by atoms with Gasteiger partial charge in [-0.1, -0.05) is 349 Å². The molecule has 0 amide bonds. The number of esters is 4. The largest absolute Gasteiger partial charge is 0.472 e. The molecule has 0 aromatic rings. The molecule has 0 bridgehead atoms. The van der Waals surface area contributed by atoms with Crippen LogP contribution in [-0.2, 0) is 65.4 Å². The maximum absolute atomic E-state index is 13.1. The number of carbonyl (C=O) groups excluding carboxylic acids is 4. The Bertz CT molecular complexity index is 1820. The molecule has 0 saturated heterocycles. The summed E-state index contributed by atoms with van der Waals surface area (Å²) in [6.45, 7) is 7.30. The smallest absolute Gasteiger partial charge is 0.462 e. The second-order valence-corrected chi connectivity index (χ2v) is 30.8. The minimum atomic E-state index is -4.96. The number of carbonyl (C=O) groups is 4. The number of phosphoric ester groups is 2. The van der Waals surface area contributed by atoms with Gasteiger partial charge in [0.2, 0.25) is 0 Å². The molecule has 0 radical (unpaired) electrons. The first-order chi connectivity index (χ1) is 46.0. The fourth-order valence-corrected chi connectivity index (χ4v) is 13.3. The van der Waals surface area contributed by atoms with Crippen molar-refractivity contribution < 1.29 is 80.2 Å². The van der Waals surface area contributed by atoms with Crippen molar-refractivity contribution >= 4 is 39.5 Å². The average Bonchev–Trinajstić information content (AvgIpc) is 3.18. The first-order valence-electron chi connectivity index (χ1n) is 39.6. The molecule has 0 aliphatic heterocycles. The molecule has 95 heavy (non-hydrogen) atoms. The Hall–Kier alpha value is -1.94. The topological polar surface area (TPSA) is 237 Å². The lowest BCUT2D eigenvalue weighted by Crippen LogP contribution is -2.30. The SMILES string of the molecule is CCCCCCCCCCCCCCCCCCCCC(=O)O[C@H](COC(=O)CCCCCCCCCCCCCCC(C)C)COP(=O)(O)OC[C@@H](O)COP(=O)(O)OC[C@@H](COC(=O)CCCCCCCCCCC)OC(=O)CCCCCCCCCCCCCCC. The molecule has 0 rings (SSSR count). The molecule has 0 spiro atoms. The minimum Gasteiger partial charge on any atom is -0.462 e. The van der Waals surface area contributed by atoms with Gasteiger partial charge in [0, 0.05) is 25.7 Å². The highest BCUT2D eigenvalue weighted by atomic mass is 31.2. The Balaban J connectivity index is 5.22. The Morgan fingerprint density at radius 2 is 0.484 bits per heavy atom. The Kier molecular flexibility index (Phi) is 67.7. The van der Waals surface area contributed by atoms with Gasteiger partial charge in [-0.2, -0.15) is 0 Å². The molecule has 19 heteroatoms. The van der Waals surface area contributed by atoms with Crippen molar-refractivity contribution in [2.45, 2.75) is 419 Å². The summed E-state index contributed by atoms with van der Waals surface area (Å²) >= 11 is 0. The third-order valence-corrected chi connectivity index (χ3v) is 19.7. The maximum Gasteiger partial charge on any atom is 0.472 e. The molecule has 17 nitrogen and oxygen atoms in total. The number of ether oxygens (including phenoxy) is 4. The predicted octanol–water partition coefficient (Wildman–Crippen LogP) is 22.5. The van der Waals surface area contributed by atoms with Crippen molar-refractivity contribution in [1.82, 2.24) is 0 Å². The highest BCUT2D eigenvalue weighted by molar-refractivity contribution is 7.47. The molecule has 0 heterocycles. The molecular formula is C76H148O17P2. The van der Waals surface area contributed by atoms with Gasteiger partial charge in [0.25, 0.3) is 0 Å². The Morgan fingerprint density at radius 1 is 0.284 bits per heavy atom. The van der Waals surface area contributed by atoms with Crippen molar-refractivity contribution in [2.24, 2.45) is 5.92 Å². The van der Waals surface area contributed by atoms with Crippen molar-refractivity contribution in [3.63, 3.8) is 0 Å². The molecule has 0 saturated carbocycles. The number of aliphatic hydroxyl groups is 1. The zero-order valence-electron chi connectivity index (χ0n) is 61.8. The predicted molar refractivity (Wildman–Crippen MR) is 386 cm³/mol. The van der Waals surface area contributed by atoms with E-state index < -0.39 is 97.5 Å². The van der Waals surface area contributed by atoms with Crippen LogP contribution in [0.15, 0.2) is 0 Å². The molecule has 564 valence electrons. The third-order valence-electron chi connectivity index (χ3n) is 17.8. The maximum atomic E-state index is 13.1. The number of rotatable bonds is 76. The van der Waals surface area contributed by atoms with Gasteiger partial charge in [-0.25, -0.2) is 9.13 Å². The molecule has 0 aliphatic carbocycles. The van der Waals surface area contributed by atoms with Crippen LogP contribution in [0.2, 0.25) is 0 Å². The number of unbranched alkanes of at least 4 members (excludes halogenated alkanes) is 48. The Labute approximate surface area is 581 Å². The quantitative estimate of drug-likeness (QED) is 0.0222. The van der Waals surface area contributed by atoms with E-state index in [-0.39, 0.29) is 25.7 Å². The fraction of sp³-hybridized carbons (Fsp3) is 0.947. The summed E-state index contributed by atoms with van der Waals surface area (Å²) in [6.07, 6.45) is 58.2. The van der Waals surface area contributed by atoms with E-state index in [1.807, 2.05) is 0 Å². The van der Waals surface area contributed by atoms with Crippen LogP contribution in [0.5, 0.6) is 0 Å². The lowest BCUT2D eigenvalue weighted by atomic mass is 10.0. The van der Waals surface area contributed by atoms with Crippen molar-refractivity contribution in [2.75, 3.05) is 39.6 Å². The van der Waals surface area contributed by atoms with Gasteiger partial charge in [-0.05, 0) is 31.6 Å². The zero-order valence-corrected chi connectivity index (χ0v) is 63.6. The number of hydrogen-bond donors (Lipinski definition) is 3. The lowest BCUT2D eigenvalue weighted by Gasteiger charge is -2.21. The van der Waals surface area contributed by atoms with Crippen LogP contribution in [0.25, 0.3) is 0 Å². The lowest BCUT2D eigenvalue weighted by molar-refractivity contribution is -0.161. The van der Waals surface area contributed by atoms with E-state index in [1.54, 1.807) is 0 Å². The molecule has 5 atom stereocenters. The summed E-state index contributed by atoms with van der Waals surface area (Å²) < 4.78 is 68.5. The zero-order chi connectivity index (χ0) is 69.8. The second kappa shape index (κ2) is 69.2. The fourth-order valence-electron chi connectivity index (χ4n) is 11.7. The minimum absolute atomic E-state index is 0.108. The molecule has 3 N–H and O–H groups in total. The van der Waals surface area contributed by atoms with Crippen LogP contribution in [-0.4, -0.2) is 96.7 Å². The summed E-state index contributed by atoms with van der Waals surface area (Å²) in [7, 11) is -9.91. The van der Waals surface area contributed by atoms with E-state index >= 15 is 0 Å². The van der Waals surface area contributed by atoms with Crippen molar-refractivity contribution in [1.29, 1.82) is 0 Å². The van der Waals surface area contributed by atoms with E-state index in [2.05, 4.69) is 34.6 Å². The van der Waals surface area contributed by atoms with E-state index in [1.165, 1.54) is 225 Å². The molecule has 0 fully saturated rings. The highest BCUT2D eigenvalue weighted by Crippen LogP contribution is 2.45. The molecule has 0 aliphatic rings. The molecule has 0 aromatic carbocycles. The van der Waals surface area contributed by atoms with Crippen LogP contribution in [0.4, 0.5) is 0 Å². The van der Waals surface area contributed by atoms with E-state index in [9.17, 15) is 43.2 Å². The summed E-state index contributed by atoms with van der Waals surface area (Å²) in [5.41, 5.74) is 0. The monoisotopic (exact) mass is 1400 g/mol. The number of phosphoric acid groups is 2. The highest BCUT2D eigenvalue weighted by Gasteiger charge is 2.30. The van der Waals surface area contributed by atoms with Crippen LogP contribution >= 0.6 is 15.6 Å². The standard InChI is InChI=1S/C76H148O17P2/c1-6-9-12-15-18-21-23-25-26-27-28-29-31-37-42-47-52-57-62-76(81)93-72(66-87-74(79)60-55-50-45-40-35-33-32-34-39-43-48-53-58-69(4)5)68-91-95(84,85)89-64-70(77)63-88-94(82,83)90-67-71(65-86-73(78)59-54-49-44-38-20-17-14-11-8-3)92-75(80)61-56-51-46-41-36-30-24-22-19-16-13-10-7-2/h69-72,77H,6-68H2,1-5H3,(H,82,83)(H,84,85)/t70-,71+,72+/m0/s1. The first-order valence-corrected chi connectivity index (χ1v) is 42.6. The molecule has 2 unspecified atom stereocenters. The van der Waals surface area contributed by atoms with E-state index in [0.29, 0.717) is 25.7 Å². The molecule has 0 aromatic heterocycles. The van der Waals surface area contributed by atoms with Crippen LogP contribution in [0, 0.1) is 5.92 Å². The normalized spacial score (nSPS) is 13.9. The van der Waals surface area contributed by atoms with Gasteiger partial charge in [0.05, 0.1) is 26.4 Å². The van der Waals surface area contributed by atoms with Crippen LogP contribution in [0.1, 0.15) is 401 Å². The average molecular weight is 1400 g/mol. The summed E-state index contributed by atoms with van der Waals surface area (Å²) in [4.78, 5) is 72.8. The van der Waals surface area contributed by atoms with Crippen molar-refractivity contribution in [3.8, 4) is 0 Å². The second-order valence-electron chi connectivity index (χ2n) is 27.9.